The zero-order valence-electron chi connectivity index (χ0n) is 5.12. The molecule has 0 aromatic carbocycles. The number of rotatable bonds is 1. The van der Waals surface area contributed by atoms with Gasteiger partial charge in [-0.15, -0.1) is 0 Å². The van der Waals surface area contributed by atoms with Crippen molar-refractivity contribution in [2.45, 2.75) is 6.92 Å². The van der Waals surface area contributed by atoms with Gasteiger partial charge in [-0.05, 0) is 0 Å². The van der Waals surface area contributed by atoms with Crippen LogP contribution in [0.4, 0.5) is 0 Å². The highest BCUT2D eigenvalue weighted by Gasteiger charge is 2.44. The van der Waals surface area contributed by atoms with E-state index in [0.717, 1.165) is 0 Å². The first-order valence-corrected chi connectivity index (χ1v) is 4.46. The van der Waals surface area contributed by atoms with E-state index < -0.39 is 15.3 Å². The van der Waals surface area contributed by atoms with Gasteiger partial charge < -0.3 is 4.79 Å². The molecule has 0 saturated carbocycles. The van der Waals surface area contributed by atoms with Gasteiger partial charge in [0.1, 0.15) is 6.29 Å². The highest BCUT2D eigenvalue weighted by Crippen LogP contribution is 2.29. The van der Waals surface area contributed by atoms with Crippen LogP contribution in [0.5, 0.6) is 0 Å². The number of aldehydes is 1. The maximum absolute atomic E-state index is 10.5. The SMILES string of the molecule is CC1(C=O)CS(=O)(=O)C1. The van der Waals surface area contributed by atoms with E-state index in [9.17, 15) is 13.2 Å². The summed E-state index contributed by atoms with van der Waals surface area (Å²) >= 11 is 0. The zero-order valence-corrected chi connectivity index (χ0v) is 5.94. The van der Waals surface area contributed by atoms with Crippen molar-refractivity contribution in [1.82, 2.24) is 0 Å². The lowest BCUT2D eigenvalue weighted by molar-refractivity contribution is -0.114. The van der Waals surface area contributed by atoms with Crippen LogP contribution in [0.2, 0.25) is 0 Å². The fourth-order valence-electron chi connectivity index (χ4n) is 1.03. The zero-order chi connectivity index (χ0) is 7.12. The van der Waals surface area contributed by atoms with E-state index in [-0.39, 0.29) is 11.5 Å². The Hall–Kier alpha value is -0.380. The monoisotopic (exact) mass is 148 g/mol. The van der Waals surface area contributed by atoms with Crippen LogP contribution in [-0.4, -0.2) is 26.2 Å². The molecule has 0 radical (unpaired) electrons. The number of sulfone groups is 1. The van der Waals surface area contributed by atoms with Crippen LogP contribution >= 0.6 is 0 Å². The normalized spacial score (nSPS) is 28.6. The predicted molar refractivity (Wildman–Crippen MR) is 32.8 cm³/mol. The van der Waals surface area contributed by atoms with Gasteiger partial charge >= 0.3 is 0 Å². The third-order valence-electron chi connectivity index (χ3n) is 1.38. The molecule has 1 heterocycles. The molecule has 0 aliphatic carbocycles. The van der Waals surface area contributed by atoms with Gasteiger partial charge in [-0.1, -0.05) is 6.92 Å². The molecule has 0 aromatic rings. The standard InChI is InChI=1S/C5H8O3S/c1-5(2-6)3-9(7,8)4-5/h2H,3-4H2,1H3. The Kier molecular flexibility index (Phi) is 1.17. The fourth-order valence-corrected chi connectivity index (χ4v) is 3.09. The summed E-state index contributed by atoms with van der Waals surface area (Å²) in [5.74, 6) is 0.0625. The molecule has 1 rings (SSSR count). The number of hydrogen-bond donors (Lipinski definition) is 0. The van der Waals surface area contributed by atoms with E-state index in [1.54, 1.807) is 6.92 Å². The fraction of sp³-hybridized carbons (Fsp3) is 0.800. The van der Waals surface area contributed by atoms with E-state index in [0.29, 0.717) is 6.29 Å². The molecular weight excluding hydrogens is 140 g/mol. The highest BCUT2D eigenvalue weighted by molar-refractivity contribution is 7.92. The van der Waals surface area contributed by atoms with Crippen LogP contribution < -0.4 is 0 Å². The van der Waals surface area contributed by atoms with Crippen molar-refractivity contribution in [1.29, 1.82) is 0 Å². The summed E-state index contributed by atoms with van der Waals surface area (Å²) in [7, 11) is -2.83. The minimum atomic E-state index is -2.83. The van der Waals surface area contributed by atoms with Gasteiger partial charge in [0.15, 0.2) is 9.84 Å². The topological polar surface area (TPSA) is 51.2 Å². The molecule has 1 saturated heterocycles. The maximum Gasteiger partial charge on any atom is 0.152 e. The minimum absolute atomic E-state index is 0.0312. The van der Waals surface area contributed by atoms with Crippen molar-refractivity contribution >= 4 is 16.1 Å². The molecule has 0 atom stereocenters. The van der Waals surface area contributed by atoms with Gasteiger partial charge in [-0.2, -0.15) is 0 Å². The quantitative estimate of drug-likeness (QED) is 0.476. The van der Waals surface area contributed by atoms with Gasteiger partial charge in [0.2, 0.25) is 0 Å². The third kappa shape index (κ3) is 1.13. The Morgan fingerprint density at radius 1 is 1.44 bits per heavy atom. The summed E-state index contributed by atoms with van der Waals surface area (Å²) < 4.78 is 21.0. The second-order valence-electron chi connectivity index (χ2n) is 2.80. The molecule has 52 valence electrons. The average molecular weight is 148 g/mol. The lowest BCUT2D eigenvalue weighted by Gasteiger charge is -2.31. The van der Waals surface area contributed by atoms with Crippen LogP contribution in [0.25, 0.3) is 0 Å². The largest absolute Gasteiger partial charge is 0.303 e. The van der Waals surface area contributed by atoms with Crippen LogP contribution in [0.1, 0.15) is 6.92 Å². The first kappa shape index (κ1) is 6.74. The van der Waals surface area contributed by atoms with Crippen molar-refractivity contribution in [3.8, 4) is 0 Å². The highest BCUT2D eigenvalue weighted by atomic mass is 32.2. The lowest BCUT2D eigenvalue weighted by atomic mass is 9.98. The van der Waals surface area contributed by atoms with Crippen molar-refractivity contribution < 1.29 is 13.2 Å². The summed E-state index contributed by atoms with van der Waals surface area (Å²) in [4.78, 5) is 10.1. The summed E-state index contributed by atoms with van der Waals surface area (Å²) in [6.45, 7) is 1.65. The smallest absolute Gasteiger partial charge is 0.152 e. The Bertz CT molecular complexity index is 215. The second-order valence-corrected chi connectivity index (χ2v) is 4.87. The maximum atomic E-state index is 10.5. The molecule has 0 amide bonds. The predicted octanol–water partition coefficient (Wildman–Crippen LogP) is -0.380. The van der Waals surface area contributed by atoms with Crippen LogP contribution in [0.15, 0.2) is 0 Å². The van der Waals surface area contributed by atoms with E-state index in [1.165, 1.54) is 0 Å². The van der Waals surface area contributed by atoms with Crippen LogP contribution in [-0.2, 0) is 14.6 Å². The van der Waals surface area contributed by atoms with Crippen LogP contribution in [0, 0.1) is 5.41 Å². The first-order valence-electron chi connectivity index (χ1n) is 2.64. The van der Waals surface area contributed by atoms with Gasteiger partial charge in [-0.3, -0.25) is 0 Å². The van der Waals surface area contributed by atoms with Crippen molar-refractivity contribution in [2.24, 2.45) is 5.41 Å². The molecular formula is C5H8O3S. The van der Waals surface area contributed by atoms with Gasteiger partial charge in [-0.25, -0.2) is 8.42 Å². The summed E-state index contributed by atoms with van der Waals surface area (Å²) in [6, 6.07) is 0. The molecule has 9 heavy (non-hydrogen) atoms. The van der Waals surface area contributed by atoms with Crippen molar-refractivity contribution in [2.75, 3.05) is 11.5 Å². The number of carbonyl (C=O) groups is 1. The van der Waals surface area contributed by atoms with Gasteiger partial charge in [0, 0.05) is 0 Å². The molecule has 1 aliphatic rings. The van der Waals surface area contributed by atoms with Gasteiger partial charge in [0.25, 0.3) is 0 Å². The van der Waals surface area contributed by atoms with Crippen molar-refractivity contribution in [3.05, 3.63) is 0 Å². The van der Waals surface area contributed by atoms with E-state index in [1.807, 2.05) is 0 Å². The minimum Gasteiger partial charge on any atom is -0.303 e. The average Bonchev–Trinajstić information content (AvgIpc) is 1.61. The Labute approximate surface area is 54.0 Å². The van der Waals surface area contributed by atoms with Gasteiger partial charge in [0.05, 0.1) is 16.9 Å². The number of carbonyl (C=O) groups excluding carboxylic acids is 1. The molecule has 0 N–H and O–H groups in total. The molecule has 0 spiro atoms. The Morgan fingerprint density at radius 3 is 2.00 bits per heavy atom. The summed E-state index contributed by atoms with van der Waals surface area (Å²) in [5.41, 5.74) is -0.571. The molecule has 0 unspecified atom stereocenters. The summed E-state index contributed by atoms with van der Waals surface area (Å²) in [6.07, 6.45) is 0.716. The molecule has 1 aliphatic heterocycles. The molecule has 0 aromatic heterocycles. The molecule has 1 fully saturated rings. The first-order chi connectivity index (χ1) is 3.97. The lowest BCUT2D eigenvalue weighted by Crippen LogP contribution is -2.47. The Morgan fingerprint density at radius 2 is 1.89 bits per heavy atom. The second kappa shape index (κ2) is 1.56. The molecule has 3 nitrogen and oxygen atoms in total. The molecule has 0 bridgehead atoms. The van der Waals surface area contributed by atoms with Crippen LogP contribution in [0.3, 0.4) is 0 Å². The number of hydrogen-bond acceptors (Lipinski definition) is 3. The third-order valence-corrected chi connectivity index (χ3v) is 3.58. The van der Waals surface area contributed by atoms with E-state index >= 15 is 0 Å². The van der Waals surface area contributed by atoms with E-state index in [4.69, 9.17) is 0 Å². The Balaban J connectivity index is 2.72. The summed E-state index contributed by atoms with van der Waals surface area (Å²) in [5, 5.41) is 0. The molecule has 4 heteroatoms. The van der Waals surface area contributed by atoms with Crippen molar-refractivity contribution in [3.63, 3.8) is 0 Å². The van der Waals surface area contributed by atoms with E-state index in [2.05, 4.69) is 0 Å².